The number of rotatable bonds is 8. The Morgan fingerprint density at radius 1 is 0.783 bits per heavy atom. The van der Waals surface area contributed by atoms with Crippen molar-refractivity contribution in [2.45, 2.75) is 6.42 Å². The van der Waals surface area contributed by atoms with Gasteiger partial charge < -0.3 is 9.47 Å². The van der Waals surface area contributed by atoms with Crippen molar-refractivity contribution in [3.63, 3.8) is 0 Å². The van der Waals surface area contributed by atoms with E-state index in [-0.39, 0.29) is 11.6 Å². The second kappa shape index (κ2) is 8.35. The summed E-state index contributed by atoms with van der Waals surface area (Å²) < 4.78 is 9.42. The van der Waals surface area contributed by atoms with Crippen molar-refractivity contribution in [3.05, 3.63) is 44.8 Å². The summed E-state index contributed by atoms with van der Waals surface area (Å²) in [4.78, 5) is 46.1. The number of ketones is 2. The lowest BCUT2D eigenvalue weighted by Gasteiger charge is -2.04. The van der Waals surface area contributed by atoms with Gasteiger partial charge in [-0.3, -0.25) is 19.2 Å². The van der Waals surface area contributed by atoms with Gasteiger partial charge in [0.05, 0.1) is 0 Å². The summed E-state index contributed by atoms with van der Waals surface area (Å²) in [6.07, 6.45) is -0.645. The van der Waals surface area contributed by atoms with E-state index in [1.165, 1.54) is 22.7 Å². The fourth-order valence-electron chi connectivity index (χ4n) is 1.52. The van der Waals surface area contributed by atoms with E-state index >= 15 is 0 Å². The van der Waals surface area contributed by atoms with E-state index in [1.807, 2.05) is 0 Å². The standard InChI is InChI=1S/C15H12O6S2/c16-12(10-1-3-22-8-10)6-20-14(18)5-15(19)21-7-13(17)11-2-4-23-9-11/h1-4,8-9H,5-7H2. The van der Waals surface area contributed by atoms with Crippen LogP contribution in [0.4, 0.5) is 0 Å². The third-order valence-corrected chi connectivity index (χ3v) is 4.07. The Bertz CT molecular complexity index is 627. The molecule has 0 aromatic carbocycles. The molecule has 0 radical (unpaired) electrons. The van der Waals surface area contributed by atoms with Crippen molar-refractivity contribution in [3.8, 4) is 0 Å². The molecule has 23 heavy (non-hydrogen) atoms. The molecule has 6 nitrogen and oxygen atoms in total. The molecular formula is C15H12O6S2. The van der Waals surface area contributed by atoms with Crippen molar-refractivity contribution in [1.82, 2.24) is 0 Å². The van der Waals surface area contributed by atoms with Crippen LogP contribution in [0, 0.1) is 0 Å². The molecule has 0 fully saturated rings. The summed E-state index contributed by atoms with van der Waals surface area (Å²) in [5.74, 6) is -2.44. The molecule has 2 aromatic rings. The average Bonchev–Trinajstić information content (AvgIpc) is 3.22. The van der Waals surface area contributed by atoms with Crippen LogP contribution in [-0.2, 0) is 19.1 Å². The topological polar surface area (TPSA) is 86.7 Å². The first-order chi connectivity index (χ1) is 11.1. The number of Topliss-reactive ketones (excluding diaryl/α,β-unsaturated/α-hetero) is 2. The first-order valence-electron chi connectivity index (χ1n) is 6.48. The van der Waals surface area contributed by atoms with Gasteiger partial charge in [0.15, 0.2) is 13.2 Å². The van der Waals surface area contributed by atoms with Gasteiger partial charge in [0.25, 0.3) is 0 Å². The Kier molecular flexibility index (Phi) is 6.19. The first kappa shape index (κ1) is 17.0. The minimum Gasteiger partial charge on any atom is -0.457 e. The zero-order valence-corrected chi connectivity index (χ0v) is 13.5. The Labute approximate surface area is 139 Å². The summed E-state index contributed by atoms with van der Waals surface area (Å²) in [5, 5.41) is 6.74. The lowest BCUT2D eigenvalue weighted by atomic mass is 10.2. The van der Waals surface area contributed by atoms with Gasteiger partial charge in [-0.1, -0.05) is 0 Å². The lowest BCUT2D eigenvalue weighted by Crippen LogP contribution is -2.20. The van der Waals surface area contributed by atoms with Gasteiger partial charge in [-0.2, -0.15) is 22.7 Å². The molecule has 0 N–H and O–H groups in total. The van der Waals surface area contributed by atoms with E-state index in [4.69, 9.17) is 9.47 Å². The Balaban J connectivity index is 1.67. The zero-order valence-electron chi connectivity index (χ0n) is 11.9. The summed E-state index contributed by atoms with van der Waals surface area (Å²) >= 11 is 2.71. The Hall–Kier alpha value is -2.32. The first-order valence-corrected chi connectivity index (χ1v) is 8.37. The lowest BCUT2D eigenvalue weighted by molar-refractivity contribution is -0.153. The van der Waals surface area contributed by atoms with Gasteiger partial charge >= 0.3 is 11.9 Å². The molecule has 0 saturated carbocycles. The number of esters is 2. The van der Waals surface area contributed by atoms with Crippen molar-refractivity contribution >= 4 is 46.2 Å². The average molecular weight is 352 g/mol. The quantitative estimate of drug-likeness (QED) is 0.412. The molecule has 0 saturated heterocycles. The van der Waals surface area contributed by atoms with Crippen LogP contribution in [0.3, 0.4) is 0 Å². The van der Waals surface area contributed by atoms with Crippen LogP contribution < -0.4 is 0 Å². The predicted molar refractivity (Wildman–Crippen MR) is 83.8 cm³/mol. The Morgan fingerprint density at radius 3 is 1.57 bits per heavy atom. The van der Waals surface area contributed by atoms with Gasteiger partial charge in [0.1, 0.15) is 6.42 Å². The highest BCUT2D eigenvalue weighted by atomic mass is 32.1. The van der Waals surface area contributed by atoms with E-state index in [0.717, 1.165) is 0 Å². The van der Waals surface area contributed by atoms with Crippen molar-refractivity contribution in [2.75, 3.05) is 13.2 Å². The molecule has 120 valence electrons. The fraction of sp³-hybridized carbons (Fsp3) is 0.200. The van der Waals surface area contributed by atoms with Crippen LogP contribution in [0.5, 0.6) is 0 Å². The minimum atomic E-state index is -0.874. The summed E-state index contributed by atoms with van der Waals surface area (Å²) in [6.45, 7) is -0.868. The molecule has 8 heteroatoms. The van der Waals surface area contributed by atoms with Crippen molar-refractivity contribution in [2.24, 2.45) is 0 Å². The summed E-state index contributed by atoms with van der Waals surface area (Å²) in [7, 11) is 0. The van der Waals surface area contributed by atoms with Gasteiger partial charge in [-0.05, 0) is 22.9 Å². The summed E-state index contributed by atoms with van der Waals surface area (Å²) in [5.41, 5.74) is 0.901. The largest absolute Gasteiger partial charge is 0.457 e. The molecule has 0 amide bonds. The van der Waals surface area contributed by atoms with E-state index in [9.17, 15) is 19.2 Å². The highest BCUT2D eigenvalue weighted by Gasteiger charge is 2.16. The molecule has 0 atom stereocenters. The van der Waals surface area contributed by atoms with Crippen molar-refractivity contribution < 1.29 is 28.7 Å². The fourth-order valence-corrected chi connectivity index (χ4v) is 2.85. The molecule has 0 aliphatic carbocycles. The maximum Gasteiger partial charge on any atom is 0.317 e. The minimum absolute atomic E-state index is 0.347. The van der Waals surface area contributed by atoms with Crippen LogP contribution in [0.2, 0.25) is 0 Å². The van der Waals surface area contributed by atoms with Crippen molar-refractivity contribution in [1.29, 1.82) is 0 Å². The van der Waals surface area contributed by atoms with Gasteiger partial charge in [-0.25, -0.2) is 0 Å². The molecule has 0 bridgehead atoms. The van der Waals surface area contributed by atoms with Crippen LogP contribution in [0.25, 0.3) is 0 Å². The zero-order chi connectivity index (χ0) is 16.7. The van der Waals surface area contributed by atoms with Crippen LogP contribution in [0.1, 0.15) is 27.1 Å². The highest BCUT2D eigenvalue weighted by Crippen LogP contribution is 2.08. The number of thiophene rings is 2. The third-order valence-electron chi connectivity index (χ3n) is 2.70. The Morgan fingerprint density at radius 2 is 1.22 bits per heavy atom. The molecule has 0 spiro atoms. The monoisotopic (exact) mass is 352 g/mol. The van der Waals surface area contributed by atoms with Gasteiger partial charge in [-0.15, -0.1) is 0 Å². The van der Waals surface area contributed by atoms with Crippen LogP contribution in [0.15, 0.2) is 33.7 Å². The molecule has 2 heterocycles. The molecule has 0 aliphatic heterocycles. The molecule has 2 aromatic heterocycles. The number of carbonyl (C=O) groups is 4. The second-order valence-electron chi connectivity index (χ2n) is 4.37. The molecular weight excluding hydrogens is 340 g/mol. The molecule has 2 rings (SSSR count). The number of hydrogen-bond acceptors (Lipinski definition) is 8. The smallest absolute Gasteiger partial charge is 0.317 e. The third kappa shape index (κ3) is 5.42. The SMILES string of the molecule is O=C(CC(=O)OCC(=O)c1ccsc1)OCC(=O)c1ccsc1. The molecule has 0 aliphatic rings. The van der Waals surface area contributed by atoms with E-state index in [1.54, 1.807) is 33.7 Å². The number of hydrogen-bond donors (Lipinski definition) is 0. The predicted octanol–water partition coefficient (Wildman–Crippen LogP) is 2.35. The van der Waals surface area contributed by atoms with E-state index in [0.29, 0.717) is 11.1 Å². The van der Waals surface area contributed by atoms with Crippen LogP contribution in [-0.4, -0.2) is 36.7 Å². The summed E-state index contributed by atoms with van der Waals surface area (Å²) in [6, 6.07) is 3.23. The van der Waals surface area contributed by atoms with E-state index < -0.39 is 31.6 Å². The normalized spacial score (nSPS) is 10.1. The number of ether oxygens (including phenoxy) is 2. The molecule has 0 unspecified atom stereocenters. The second-order valence-corrected chi connectivity index (χ2v) is 5.93. The number of carbonyl (C=O) groups excluding carboxylic acids is 4. The van der Waals surface area contributed by atoms with Gasteiger partial charge in [0.2, 0.25) is 11.6 Å². The van der Waals surface area contributed by atoms with E-state index in [2.05, 4.69) is 0 Å². The van der Waals surface area contributed by atoms with Crippen LogP contribution >= 0.6 is 22.7 Å². The maximum absolute atomic E-state index is 11.6. The van der Waals surface area contributed by atoms with Gasteiger partial charge in [0, 0.05) is 21.9 Å². The highest BCUT2D eigenvalue weighted by molar-refractivity contribution is 7.08. The maximum atomic E-state index is 11.6.